The number of ether oxygens (including phenoxy) is 2. The summed E-state index contributed by atoms with van der Waals surface area (Å²) in [5, 5.41) is 10.1. The molecule has 1 aliphatic rings. The summed E-state index contributed by atoms with van der Waals surface area (Å²) in [5.74, 6) is 0.412. The summed E-state index contributed by atoms with van der Waals surface area (Å²) < 4.78 is 12.6. The zero-order chi connectivity index (χ0) is 29.1. The highest BCUT2D eigenvalue weighted by atomic mass is 16.5. The van der Waals surface area contributed by atoms with Gasteiger partial charge in [0.2, 0.25) is 5.91 Å². The average molecular weight is 549 g/mol. The summed E-state index contributed by atoms with van der Waals surface area (Å²) in [6.45, 7) is 8.06. The first-order valence-electron chi connectivity index (χ1n) is 14.3. The molecule has 9 heteroatoms. The van der Waals surface area contributed by atoms with Gasteiger partial charge in [-0.15, -0.1) is 0 Å². The molecule has 0 spiro atoms. The Balaban J connectivity index is 2.35. The molecule has 0 bridgehead atoms. The molecule has 0 aromatic heterocycles. The van der Waals surface area contributed by atoms with Crippen molar-refractivity contribution in [2.24, 2.45) is 5.92 Å². The molecule has 222 valence electrons. The van der Waals surface area contributed by atoms with Gasteiger partial charge in [-0.1, -0.05) is 6.92 Å². The van der Waals surface area contributed by atoms with E-state index in [9.17, 15) is 14.7 Å². The third-order valence-electron chi connectivity index (χ3n) is 7.43. The molecular formula is C30H52N4O5. The van der Waals surface area contributed by atoms with Crippen LogP contribution in [0.2, 0.25) is 0 Å². The summed E-state index contributed by atoms with van der Waals surface area (Å²) in [6, 6.07) is 5.30. The van der Waals surface area contributed by atoms with Crippen LogP contribution in [0, 0.1) is 5.92 Å². The molecule has 1 aromatic carbocycles. The van der Waals surface area contributed by atoms with Crippen LogP contribution in [0.3, 0.4) is 0 Å². The summed E-state index contributed by atoms with van der Waals surface area (Å²) in [4.78, 5) is 34.4. The lowest BCUT2D eigenvalue weighted by molar-refractivity contribution is -0.132. The lowest BCUT2D eigenvalue weighted by Gasteiger charge is -2.36. The van der Waals surface area contributed by atoms with E-state index in [-0.39, 0.29) is 36.5 Å². The van der Waals surface area contributed by atoms with E-state index < -0.39 is 6.04 Å². The number of likely N-dealkylation sites (N-methyl/N-ethyl adjacent to an activating group) is 1. The Morgan fingerprint density at radius 1 is 1.15 bits per heavy atom. The van der Waals surface area contributed by atoms with Gasteiger partial charge in [0.05, 0.1) is 30.4 Å². The van der Waals surface area contributed by atoms with Crippen LogP contribution in [-0.4, -0.2) is 118 Å². The van der Waals surface area contributed by atoms with Gasteiger partial charge in [0, 0.05) is 58.9 Å². The quantitative estimate of drug-likeness (QED) is 0.507. The van der Waals surface area contributed by atoms with Gasteiger partial charge in [0.15, 0.2) is 0 Å². The van der Waals surface area contributed by atoms with Gasteiger partial charge < -0.3 is 34.2 Å². The highest BCUT2D eigenvalue weighted by Gasteiger charge is 2.31. The van der Waals surface area contributed by atoms with Crippen LogP contribution in [0.4, 0.5) is 5.69 Å². The van der Waals surface area contributed by atoms with Gasteiger partial charge in [0.25, 0.3) is 5.91 Å². The van der Waals surface area contributed by atoms with E-state index in [0.29, 0.717) is 37.4 Å². The minimum atomic E-state index is -0.396. The van der Waals surface area contributed by atoms with Crippen molar-refractivity contribution >= 4 is 17.5 Å². The van der Waals surface area contributed by atoms with Gasteiger partial charge in [-0.2, -0.15) is 0 Å². The first-order valence-corrected chi connectivity index (χ1v) is 14.3. The fourth-order valence-corrected chi connectivity index (χ4v) is 4.76. The number of nitrogens with zero attached hydrogens (tertiary/aromatic N) is 4. The smallest absolute Gasteiger partial charge is 0.258 e. The molecule has 39 heavy (non-hydrogen) atoms. The van der Waals surface area contributed by atoms with E-state index in [1.54, 1.807) is 9.80 Å². The third-order valence-corrected chi connectivity index (χ3v) is 7.43. The SMILES string of the molecule is C[C@@H]1CCCCO[C@H](CN(C)C(=O)CCCN(C)C)[C@@H](C)CN([C@@H](C)CO)C(=O)c2cc(N(C)C)ccc2O1. The van der Waals surface area contributed by atoms with Crippen LogP contribution in [-0.2, 0) is 9.53 Å². The summed E-state index contributed by atoms with van der Waals surface area (Å²) >= 11 is 0. The van der Waals surface area contributed by atoms with Crippen LogP contribution in [0.25, 0.3) is 0 Å². The predicted molar refractivity (Wildman–Crippen MR) is 157 cm³/mol. The van der Waals surface area contributed by atoms with Gasteiger partial charge in [-0.25, -0.2) is 0 Å². The fraction of sp³-hybridized carbons (Fsp3) is 0.733. The predicted octanol–water partition coefficient (Wildman–Crippen LogP) is 3.35. The Morgan fingerprint density at radius 3 is 2.51 bits per heavy atom. The number of amides is 2. The van der Waals surface area contributed by atoms with Crippen molar-refractivity contribution in [2.45, 2.75) is 71.1 Å². The number of hydrogen-bond donors (Lipinski definition) is 1. The third kappa shape index (κ3) is 10.3. The largest absolute Gasteiger partial charge is 0.490 e. The molecule has 0 saturated carbocycles. The van der Waals surface area contributed by atoms with Gasteiger partial charge in [-0.3, -0.25) is 9.59 Å². The van der Waals surface area contributed by atoms with Crippen LogP contribution in [0.1, 0.15) is 63.2 Å². The number of fused-ring (bicyclic) bond motifs is 1. The number of aliphatic hydroxyl groups is 1. The molecule has 0 fully saturated rings. The standard InChI is InChI=1S/C30H52N4O5/c1-22-19-34(23(2)21-35)30(37)26-18-25(32(6)7)14-15-27(26)39-24(3)12-9-10-17-38-28(22)20-33(8)29(36)13-11-16-31(4)5/h14-15,18,22-24,28,35H,9-13,16-17,19-21H2,1-8H3/t22-,23-,24+,28+/m0/s1. The van der Waals surface area contributed by atoms with Crippen molar-refractivity contribution < 1.29 is 24.2 Å². The number of carbonyl (C=O) groups excluding carboxylic acids is 2. The van der Waals surface area contributed by atoms with E-state index in [1.807, 2.05) is 72.2 Å². The Morgan fingerprint density at radius 2 is 1.87 bits per heavy atom. The first kappa shape index (κ1) is 32.8. The summed E-state index contributed by atoms with van der Waals surface area (Å²) in [5.41, 5.74) is 1.39. The normalized spacial score (nSPS) is 22.1. The molecule has 0 radical (unpaired) electrons. The van der Waals surface area contributed by atoms with E-state index in [0.717, 1.165) is 37.9 Å². The molecule has 2 amide bonds. The Hall–Kier alpha value is -2.36. The Labute approximate surface area is 236 Å². The second-order valence-corrected chi connectivity index (χ2v) is 11.6. The average Bonchev–Trinajstić information content (AvgIpc) is 2.89. The maximum atomic E-state index is 14.1. The van der Waals surface area contributed by atoms with Crippen molar-refractivity contribution in [3.63, 3.8) is 0 Å². The highest BCUT2D eigenvalue weighted by molar-refractivity contribution is 5.98. The van der Waals surface area contributed by atoms with E-state index in [1.165, 1.54) is 0 Å². The molecule has 1 aromatic rings. The van der Waals surface area contributed by atoms with Crippen LogP contribution < -0.4 is 9.64 Å². The molecule has 0 saturated heterocycles. The number of aliphatic hydroxyl groups excluding tert-OH is 1. The van der Waals surface area contributed by atoms with Crippen LogP contribution in [0.15, 0.2) is 18.2 Å². The monoisotopic (exact) mass is 548 g/mol. The van der Waals surface area contributed by atoms with Gasteiger partial charge in [0.1, 0.15) is 5.75 Å². The fourth-order valence-electron chi connectivity index (χ4n) is 4.76. The maximum Gasteiger partial charge on any atom is 0.258 e. The van der Waals surface area contributed by atoms with Crippen molar-refractivity contribution in [1.82, 2.24) is 14.7 Å². The molecule has 9 nitrogen and oxygen atoms in total. The lowest BCUT2D eigenvalue weighted by Crippen LogP contribution is -2.48. The van der Waals surface area contributed by atoms with Gasteiger partial charge in [-0.05, 0) is 78.4 Å². The molecular weight excluding hydrogens is 496 g/mol. The zero-order valence-electron chi connectivity index (χ0n) is 25.5. The van der Waals surface area contributed by atoms with Crippen LogP contribution >= 0.6 is 0 Å². The van der Waals surface area contributed by atoms with E-state index in [2.05, 4.69) is 11.8 Å². The Bertz CT molecular complexity index is 909. The molecule has 0 aliphatic carbocycles. The Kier molecular flexibility index (Phi) is 13.5. The highest BCUT2D eigenvalue weighted by Crippen LogP contribution is 2.29. The maximum absolute atomic E-state index is 14.1. The van der Waals surface area contributed by atoms with Crippen LogP contribution in [0.5, 0.6) is 5.75 Å². The number of rotatable bonds is 9. The number of anilines is 1. The van der Waals surface area contributed by atoms with E-state index in [4.69, 9.17) is 9.47 Å². The molecule has 1 heterocycles. The summed E-state index contributed by atoms with van der Waals surface area (Å²) in [6.07, 6.45) is 3.67. The minimum absolute atomic E-state index is 0.0611. The zero-order valence-corrected chi connectivity index (χ0v) is 25.5. The lowest BCUT2D eigenvalue weighted by atomic mass is 10.0. The topological polar surface area (TPSA) is 85.8 Å². The molecule has 2 rings (SSSR count). The summed E-state index contributed by atoms with van der Waals surface area (Å²) in [7, 11) is 9.72. The molecule has 1 N–H and O–H groups in total. The van der Waals surface area contributed by atoms with Gasteiger partial charge >= 0.3 is 0 Å². The number of hydrogen-bond acceptors (Lipinski definition) is 7. The van der Waals surface area contributed by atoms with Crippen molar-refractivity contribution in [2.75, 3.05) is 73.0 Å². The molecule has 0 unspecified atom stereocenters. The second-order valence-electron chi connectivity index (χ2n) is 11.6. The van der Waals surface area contributed by atoms with Crippen molar-refractivity contribution in [3.8, 4) is 5.75 Å². The second kappa shape index (κ2) is 16.0. The van der Waals surface area contributed by atoms with Crippen molar-refractivity contribution in [3.05, 3.63) is 23.8 Å². The molecule has 1 aliphatic heterocycles. The van der Waals surface area contributed by atoms with Crippen molar-refractivity contribution in [1.29, 1.82) is 0 Å². The van der Waals surface area contributed by atoms with E-state index >= 15 is 0 Å². The number of benzene rings is 1. The first-order chi connectivity index (χ1) is 18.4. The molecule has 4 atom stereocenters. The minimum Gasteiger partial charge on any atom is -0.490 e. The number of carbonyl (C=O) groups is 2.